The number of aromatic nitrogens is 2. The number of nitrogens with one attached hydrogen (secondary N) is 2. The van der Waals surface area contributed by atoms with E-state index in [1.165, 1.54) is 7.11 Å². The molecule has 4 aromatic rings. The number of hydrogen-bond acceptors (Lipinski definition) is 5. The number of benzene rings is 2. The summed E-state index contributed by atoms with van der Waals surface area (Å²) in [5, 5.41) is 18.7. The minimum absolute atomic E-state index is 0.0206. The van der Waals surface area contributed by atoms with E-state index in [2.05, 4.69) is 9.97 Å². The van der Waals surface area contributed by atoms with Gasteiger partial charge in [0.25, 0.3) is 0 Å². The first-order valence-corrected chi connectivity index (χ1v) is 8.69. The molecule has 0 aliphatic rings. The third-order valence-corrected chi connectivity index (χ3v) is 4.74. The van der Waals surface area contributed by atoms with Crippen LogP contribution < -0.4 is 15.6 Å². The van der Waals surface area contributed by atoms with Gasteiger partial charge in [-0.25, -0.2) is 9.59 Å². The molecule has 0 saturated heterocycles. The predicted molar refractivity (Wildman–Crippen MR) is 109 cm³/mol. The number of aromatic amines is 2. The molecule has 0 spiro atoms. The Bertz CT molecular complexity index is 1470. The molecule has 0 radical (unpaired) electrons. The smallest absolute Gasteiger partial charge is 0.352 e. The molecule has 2 aromatic heterocycles. The van der Waals surface area contributed by atoms with Crippen LogP contribution in [0.3, 0.4) is 0 Å². The SMILES string of the molecule is COc1c(-c2ccccc2)c2c(=O)cc(C(=O)O)[nH]c2c2c(=O)cc(C(=O)O)[nH]c12. The fourth-order valence-corrected chi connectivity index (χ4v) is 3.53. The van der Waals surface area contributed by atoms with Gasteiger partial charge in [0.1, 0.15) is 11.4 Å². The minimum Gasteiger partial charge on any atom is -0.494 e. The van der Waals surface area contributed by atoms with Crippen LogP contribution in [0.15, 0.2) is 52.1 Å². The molecule has 2 aromatic carbocycles. The van der Waals surface area contributed by atoms with E-state index in [0.29, 0.717) is 11.1 Å². The lowest BCUT2D eigenvalue weighted by Crippen LogP contribution is -2.16. The fraction of sp³-hybridized carbons (Fsp3) is 0.0476. The molecule has 4 rings (SSSR count). The molecule has 2 heterocycles. The number of H-pyrrole nitrogens is 2. The van der Waals surface area contributed by atoms with Gasteiger partial charge in [-0.05, 0) is 5.56 Å². The average molecular weight is 406 g/mol. The highest BCUT2D eigenvalue weighted by Gasteiger charge is 2.24. The predicted octanol–water partition coefficient (Wildman–Crippen LogP) is 2.44. The van der Waals surface area contributed by atoms with Crippen molar-refractivity contribution in [2.45, 2.75) is 0 Å². The van der Waals surface area contributed by atoms with Crippen LogP contribution in [0.25, 0.3) is 32.9 Å². The van der Waals surface area contributed by atoms with Crippen LogP contribution in [0.2, 0.25) is 0 Å². The molecule has 9 heteroatoms. The summed E-state index contributed by atoms with van der Waals surface area (Å²) >= 11 is 0. The largest absolute Gasteiger partial charge is 0.494 e. The van der Waals surface area contributed by atoms with Crippen molar-refractivity contribution in [3.05, 3.63) is 74.3 Å². The number of fused-ring (bicyclic) bond motifs is 3. The highest BCUT2D eigenvalue weighted by molar-refractivity contribution is 6.15. The summed E-state index contributed by atoms with van der Waals surface area (Å²) in [5.74, 6) is -2.64. The molecule has 0 aliphatic carbocycles. The van der Waals surface area contributed by atoms with E-state index in [1.54, 1.807) is 30.3 Å². The summed E-state index contributed by atoms with van der Waals surface area (Å²) in [6, 6.07) is 10.5. The molecule has 0 aliphatic heterocycles. The molecule has 0 unspecified atom stereocenters. The standard InChI is InChI=1S/C21H14N2O7/c1-30-19-14(9-5-3-2-4-6-9)15-12(24)7-10(20(26)27)22-17(15)16-13(25)8-11(21(28)29)23-18(16)19/h2-8H,1H3,(H,22,24)(H,23,25)(H,26,27)(H,28,29). The van der Waals surface area contributed by atoms with Gasteiger partial charge in [-0.1, -0.05) is 30.3 Å². The summed E-state index contributed by atoms with van der Waals surface area (Å²) in [7, 11) is 1.33. The van der Waals surface area contributed by atoms with Crippen LogP contribution in [-0.2, 0) is 0 Å². The Labute approximate surface area is 167 Å². The lowest BCUT2D eigenvalue weighted by atomic mass is 9.95. The zero-order valence-electron chi connectivity index (χ0n) is 15.5. The Morgan fingerprint density at radius 1 is 0.833 bits per heavy atom. The third-order valence-electron chi connectivity index (χ3n) is 4.74. The van der Waals surface area contributed by atoms with E-state index in [9.17, 15) is 29.4 Å². The number of hydrogen-bond donors (Lipinski definition) is 4. The van der Waals surface area contributed by atoms with Gasteiger partial charge in [0.2, 0.25) is 0 Å². The molecule has 0 saturated carbocycles. The van der Waals surface area contributed by atoms with E-state index in [4.69, 9.17) is 4.74 Å². The number of ether oxygens (including phenoxy) is 1. The van der Waals surface area contributed by atoms with Gasteiger partial charge < -0.3 is 24.9 Å². The van der Waals surface area contributed by atoms with Gasteiger partial charge in [0.15, 0.2) is 16.6 Å². The second-order valence-electron chi connectivity index (χ2n) is 6.48. The van der Waals surface area contributed by atoms with Crippen molar-refractivity contribution in [3.63, 3.8) is 0 Å². The molecule has 9 nitrogen and oxygen atoms in total. The minimum atomic E-state index is -1.38. The van der Waals surface area contributed by atoms with E-state index < -0.39 is 28.5 Å². The van der Waals surface area contributed by atoms with Crippen LogP contribution in [0.4, 0.5) is 0 Å². The van der Waals surface area contributed by atoms with Crippen LogP contribution in [0.1, 0.15) is 21.0 Å². The zero-order chi connectivity index (χ0) is 21.6. The van der Waals surface area contributed by atoms with Crippen molar-refractivity contribution in [2.75, 3.05) is 7.11 Å². The number of carboxylic acid groups (broad SMARTS) is 2. The summed E-state index contributed by atoms with van der Waals surface area (Å²) < 4.78 is 5.51. The molecule has 4 N–H and O–H groups in total. The maximum Gasteiger partial charge on any atom is 0.352 e. The quantitative estimate of drug-likeness (QED) is 0.380. The van der Waals surface area contributed by atoms with Crippen molar-refractivity contribution < 1.29 is 24.5 Å². The number of rotatable bonds is 4. The lowest BCUT2D eigenvalue weighted by Gasteiger charge is -2.16. The Hall–Kier alpha value is -4.40. The van der Waals surface area contributed by atoms with E-state index in [0.717, 1.165) is 12.1 Å². The summed E-state index contributed by atoms with van der Waals surface area (Å²) in [6.45, 7) is 0. The van der Waals surface area contributed by atoms with Gasteiger partial charge in [0.05, 0.1) is 28.9 Å². The number of aromatic carboxylic acids is 2. The number of carbonyl (C=O) groups is 2. The molecule has 0 fully saturated rings. The average Bonchev–Trinajstić information content (AvgIpc) is 2.72. The van der Waals surface area contributed by atoms with Crippen molar-refractivity contribution >= 4 is 33.7 Å². The first kappa shape index (κ1) is 18.9. The maximum absolute atomic E-state index is 13.0. The number of carboxylic acids is 2. The van der Waals surface area contributed by atoms with Crippen LogP contribution >= 0.6 is 0 Å². The molecule has 150 valence electrons. The normalized spacial score (nSPS) is 11.0. The van der Waals surface area contributed by atoms with Crippen molar-refractivity contribution in [1.82, 2.24) is 9.97 Å². The highest BCUT2D eigenvalue weighted by Crippen LogP contribution is 2.40. The molecule has 30 heavy (non-hydrogen) atoms. The van der Waals surface area contributed by atoms with E-state index in [-0.39, 0.29) is 33.2 Å². The van der Waals surface area contributed by atoms with Crippen molar-refractivity contribution in [1.29, 1.82) is 0 Å². The molecular formula is C21H14N2O7. The van der Waals surface area contributed by atoms with E-state index >= 15 is 0 Å². The Balaban J connectivity index is 2.37. The zero-order valence-corrected chi connectivity index (χ0v) is 15.5. The summed E-state index contributed by atoms with van der Waals surface area (Å²) in [5.41, 5.74) is -1.22. The Morgan fingerprint density at radius 2 is 1.37 bits per heavy atom. The van der Waals surface area contributed by atoms with Crippen molar-refractivity contribution in [2.24, 2.45) is 0 Å². The first-order chi connectivity index (χ1) is 14.3. The van der Waals surface area contributed by atoms with Crippen LogP contribution in [0, 0.1) is 0 Å². The van der Waals surface area contributed by atoms with Gasteiger partial charge >= 0.3 is 11.9 Å². The van der Waals surface area contributed by atoms with E-state index in [1.807, 2.05) is 0 Å². The number of pyridine rings is 2. The topological polar surface area (TPSA) is 150 Å². The molecule has 0 atom stereocenters. The van der Waals surface area contributed by atoms with Crippen LogP contribution in [0.5, 0.6) is 5.75 Å². The van der Waals surface area contributed by atoms with Crippen LogP contribution in [-0.4, -0.2) is 39.2 Å². The number of methoxy groups -OCH3 is 1. The third kappa shape index (κ3) is 2.80. The summed E-state index contributed by atoms with van der Waals surface area (Å²) in [4.78, 5) is 54.0. The Morgan fingerprint density at radius 3 is 1.90 bits per heavy atom. The van der Waals surface area contributed by atoms with Gasteiger partial charge in [-0.3, -0.25) is 9.59 Å². The molecule has 0 bridgehead atoms. The lowest BCUT2D eigenvalue weighted by molar-refractivity contribution is 0.0680. The maximum atomic E-state index is 13.0. The highest BCUT2D eigenvalue weighted by atomic mass is 16.5. The second-order valence-corrected chi connectivity index (χ2v) is 6.48. The second kappa shape index (κ2) is 6.89. The first-order valence-electron chi connectivity index (χ1n) is 8.69. The van der Waals surface area contributed by atoms with Gasteiger partial charge in [0, 0.05) is 17.7 Å². The summed E-state index contributed by atoms with van der Waals surface area (Å²) in [6.07, 6.45) is 0. The van der Waals surface area contributed by atoms with Crippen molar-refractivity contribution in [3.8, 4) is 16.9 Å². The fourth-order valence-electron chi connectivity index (χ4n) is 3.53. The van der Waals surface area contributed by atoms with Gasteiger partial charge in [-0.15, -0.1) is 0 Å². The van der Waals surface area contributed by atoms with Gasteiger partial charge in [-0.2, -0.15) is 0 Å². The monoisotopic (exact) mass is 406 g/mol. The molecule has 0 amide bonds. The Kier molecular flexibility index (Phi) is 4.35. The molecular weight excluding hydrogens is 392 g/mol.